The molecule has 3 unspecified atom stereocenters. The lowest BCUT2D eigenvalue weighted by molar-refractivity contribution is -0.378. The van der Waals surface area contributed by atoms with Gasteiger partial charge in [-0.2, -0.15) is 0 Å². The highest BCUT2D eigenvalue weighted by molar-refractivity contribution is 5.20. The number of ether oxygens (including phenoxy) is 4. The number of allylic oxidation sites excluding steroid dienone is 2. The second-order valence-electron chi connectivity index (χ2n) is 20.1. The Labute approximate surface area is 327 Å². The van der Waals surface area contributed by atoms with Crippen LogP contribution in [0.4, 0.5) is 0 Å². The SMILES string of the molecule is CC(C)=CCC[C@@](C)(O)[C@H]1CC[C@]2(C)C1C(O)CC1[C@@]3(C)CC[C@H](O[C@@H]4O[C@H](CO)[C@@H](O)[C@H](O)[C@H]4O[C@@H]4O[C@H](CO)[C@@H](O)[C@H](O)[C@H]4O)C(C)(C)[C@@H]3CC[C@]12C. The molecule has 55 heavy (non-hydrogen) atoms. The van der Waals surface area contributed by atoms with Gasteiger partial charge < -0.3 is 64.9 Å². The van der Waals surface area contributed by atoms with Crippen LogP contribution in [0.25, 0.3) is 0 Å². The van der Waals surface area contributed by atoms with Crippen LogP contribution in [-0.4, -0.2) is 138 Å². The highest BCUT2D eigenvalue weighted by Crippen LogP contribution is 2.76. The minimum atomic E-state index is -1.75. The monoisotopic (exact) mass is 784 g/mol. The fourth-order valence-corrected chi connectivity index (χ4v) is 13.3. The van der Waals surface area contributed by atoms with E-state index in [9.17, 15) is 46.0 Å². The summed E-state index contributed by atoms with van der Waals surface area (Å²) in [6.45, 7) is 16.5. The van der Waals surface area contributed by atoms with Crippen molar-refractivity contribution in [2.24, 2.45) is 45.3 Å². The first-order valence-corrected chi connectivity index (χ1v) is 20.9. The average Bonchev–Trinajstić information content (AvgIpc) is 3.50. The van der Waals surface area contributed by atoms with Gasteiger partial charge in [-0.3, -0.25) is 0 Å². The van der Waals surface area contributed by atoms with Crippen molar-refractivity contribution in [3.63, 3.8) is 0 Å². The summed E-state index contributed by atoms with van der Waals surface area (Å²) in [6.07, 6.45) is -6.48. The second kappa shape index (κ2) is 15.7. The lowest BCUT2D eigenvalue weighted by atomic mass is 9.35. The molecule has 0 radical (unpaired) electrons. The highest BCUT2D eigenvalue weighted by Gasteiger charge is 2.71. The summed E-state index contributed by atoms with van der Waals surface area (Å²) >= 11 is 0. The molecule has 0 spiro atoms. The molecule has 6 aliphatic rings. The van der Waals surface area contributed by atoms with Gasteiger partial charge in [0.1, 0.15) is 48.8 Å². The molecule has 0 aromatic rings. The van der Waals surface area contributed by atoms with Gasteiger partial charge in [0.25, 0.3) is 0 Å². The maximum absolute atomic E-state index is 12.2. The van der Waals surface area contributed by atoms with Crippen molar-refractivity contribution in [3.8, 4) is 0 Å². The third-order valence-electron chi connectivity index (χ3n) is 16.6. The highest BCUT2D eigenvalue weighted by atomic mass is 16.8. The molecule has 6 rings (SSSR count). The molecule has 2 heterocycles. The van der Waals surface area contributed by atoms with E-state index in [0.29, 0.717) is 19.3 Å². The quantitative estimate of drug-likeness (QED) is 0.115. The molecule has 6 fully saturated rings. The summed E-state index contributed by atoms with van der Waals surface area (Å²) < 4.78 is 24.4. The third-order valence-corrected chi connectivity index (χ3v) is 16.6. The summed E-state index contributed by atoms with van der Waals surface area (Å²) in [4.78, 5) is 0. The van der Waals surface area contributed by atoms with E-state index in [4.69, 9.17) is 18.9 Å². The molecule has 9 N–H and O–H groups in total. The van der Waals surface area contributed by atoms with Crippen molar-refractivity contribution in [2.75, 3.05) is 13.2 Å². The lowest BCUT2D eigenvalue weighted by Crippen LogP contribution is -2.68. The molecule has 0 amide bonds. The molecule has 2 saturated heterocycles. The lowest BCUT2D eigenvalue weighted by Gasteiger charge is -2.70. The van der Waals surface area contributed by atoms with Crippen LogP contribution in [0.3, 0.4) is 0 Å². The zero-order valence-electron chi connectivity index (χ0n) is 34.3. The van der Waals surface area contributed by atoms with Crippen molar-refractivity contribution in [1.82, 2.24) is 0 Å². The van der Waals surface area contributed by atoms with E-state index in [0.717, 1.165) is 38.5 Å². The fourth-order valence-electron chi connectivity index (χ4n) is 13.3. The van der Waals surface area contributed by atoms with Crippen molar-refractivity contribution in [2.45, 2.75) is 192 Å². The number of hydrogen-bond acceptors (Lipinski definition) is 13. The number of hydrogen-bond donors (Lipinski definition) is 9. The van der Waals surface area contributed by atoms with Crippen LogP contribution in [-0.2, 0) is 18.9 Å². The fraction of sp³-hybridized carbons (Fsp3) is 0.952. The number of rotatable bonds is 10. The van der Waals surface area contributed by atoms with Gasteiger partial charge in [-0.25, -0.2) is 0 Å². The van der Waals surface area contributed by atoms with E-state index >= 15 is 0 Å². The molecule has 318 valence electrons. The van der Waals surface area contributed by atoms with Crippen LogP contribution < -0.4 is 0 Å². The summed E-state index contributed by atoms with van der Waals surface area (Å²) in [5, 5.41) is 97.4. The Hall–Kier alpha value is -0.780. The molecule has 0 aromatic carbocycles. The summed E-state index contributed by atoms with van der Waals surface area (Å²) in [5.74, 6) is 0.445. The van der Waals surface area contributed by atoms with Crippen LogP contribution >= 0.6 is 0 Å². The molecule has 13 nitrogen and oxygen atoms in total. The standard InChI is InChI=1S/C42H72O13/c1-21(2)10-9-14-42(8,51)22-11-16-41(7)29(22)23(45)18-27-39(5)15-13-28(38(3,4)26(39)12-17-40(27,41)6)54-37-35(33(49)31(47)25(20-44)53-37)55-36-34(50)32(48)30(46)24(19-43)52-36/h10,22-37,43-51H,9,11-20H2,1-8H3/t22-,23?,24+,25+,26-,27?,28-,29?,30+,31+,32-,33-,34+,35+,36-,37-,39-,40+,41+,42+/m0/s1. The first-order chi connectivity index (χ1) is 25.6. The molecule has 2 aliphatic heterocycles. The smallest absolute Gasteiger partial charge is 0.187 e. The Morgan fingerprint density at radius 1 is 0.727 bits per heavy atom. The number of aliphatic hydroxyl groups excluding tert-OH is 8. The molecular formula is C42H72O13. The predicted octanol–water partition coefficient (Wildman–Crippen LogP) is 2.15. The molecule has 4 saturated carbocycles. The van der Waals surface area contributed by atoms with Gasteiger partial charge in [-0.1, -0.05) is 46.3 Å². The topological polar surface area (TPSA) is 219 Å². The Morgan fingerprint density at radius 2 is 1.33 bits per heavy atom. The maximum Gasteiger partial charge on any atom is 0.187 e. The minimum absolute atomic E-state index is 0.00798. The largest absolute Gasteiger partial charge is 0.394 e. The maximum atomic E-state index is 12.2. The van der Waals surface area contributed by atoms with Crippen molar-refractivity contribution >= 4 is 0 Å². The van der Waals surface area contributed by atoms with Crippen LogP contribution in [0.15, 0.2) is 11.6 Å². The minimum Gasteiger partial charge on any atom is -0.394 e. The van der Waals surface area contributed by atoms with Crippen LogP contribution in [0.2, 0.25) is 0 Å². The van der Waals surface area contributed by atoms with Crippen LogP contribution in [0.1, 0.15) is 113 Å². The molecular weight excluding hydrogens is 712 g/mol. The van der Waals surface area contributed by atoms with Gasteiger partial charge in [0.2, 0.25) is 0 Å². The van der Waals surface area contributed by atoms with E-state index < -0.39 is 97.8 Å². The van der Waals surface area contributed by atoms with Gasteiger partial charge in [-0.15, -0.1) is 0 Å². The normalized spacial score (nSPS) is 52.0. The van der Waals surface area contributed by atoms with E-state index in [2.05, 4.69) is 54.5 Å². The Bertz CT molecular complexity index is 1370. The Balaban J connectivity index is 1.23. The van der Waals surface area contributed by atoms with Crippen molar-refractivity contribution in [1.29, 1.82) is 0 Å². The van der Waals surface area contributed by atoms with E-state index in [1.54, 1.807) is 0 Å². The second-order valence-corrected chi connectivity index (χ2v) is 20.1. The van der Waals surface area contributed by atoms with Gasteiger partial charge in [0.05, 0.1) is 31.0 Å². The molecule has 0 aromatic heterocycles. The molecule has 0 bridgehead atoms. The summed E-state index contributed by atoms with van der Waals surface area (Å²) in [7, 11) is 0. The third kappa shape index (κ3) is 7.20. The molecule has 20 atom stereocenters. The van der Waals surface area contributed by atoms with Crippen molar-refractivity contribution in [3.05, 3.63) is 11.6 Å². The number of fused-ring (bicyclic) bond motifs is 5. The molecule has 13 heteroatoms. The van der Waals surface area contributed by atoms with Crippen LogP contribution in [0, 0.1) is 45.3 Å². The first-order valence-electron chi connectivity index (χ1n) is 20.9. The Kier molecular flexibility index (Phi) is 12.5. The first kappa shape index (κ1) is 43.8. The van der Waals surface area contributed by atoms with Gasteiger partial charge >= 0.3 is 0 Å². The van der Waals surface area contributed by atoms with Crippen LogP contribution in [0.5, 0.6) is 0 Å². The molecule has 4 aliphatic carbocycles. The van der Waals surface area contributed by atoms with Gasteiger partial charge in [0.15, 0.2) is 12.6 Å². The average molecular weight is 785 g/mol. The summed E-state index contributed by atoms with van der Waals surface area (Å²) in [6, 6.07) is 0. The Morgan fingerprint density at radius 3 is 1.95 bits per heavy atom. The van der Waals surface area contributed by atoms with Gasteiger partial charge in [-0.05, 0) is 124 Å². The zero-order chi connectivity index (χ0) is 40.6. The number of aliphatic hydroxyl groups is 9. The van der Waals surface area contributed by atoms with E-state index in [1.165, 1.54) is 5.57 Å². The van der Waals surface area contributed by atoms with Crippen molar-refractivity contribution < 1.29 is 64.9 Å². The van der Waals surface area contributed by atoms with Gasteiger partial charge in [0, 0.05) is 0 Å². The van der Waals surface area contributed by atoms with E-state index in [1.807, 2.05) is 6.92 Å². The van der Waals surface area contributed by atoms with E-state index in [-0.39, 0.29) is 39.9 Å². The summed E-state index contributed by atoms with van der Waals surface area (Å²) in [5.41, 5.74) is -0.405. The predicted molar refractivity (Wildman–Crippen MR) is 201 cm³/mol. The zero-order valence-corrected chi connectivity index (χ0v) is 34.3.